The van der Waals surface area contributed by atoms with E-state index in [2.05, 4.69) is 25.3 Å². The fraction of sp³-hybridized carbons (Fsp3) is 0. The first-order chi connectivity index (χ1) is 10.2. The van der Waals surface area contributed by atoms with Gasteiger partial charge in [-0.15, -0.1) is 0 Å². The lowest BCUT2D eigenvalue weighted by atomic mass is 10.2. The Morgan fingerprint density at radius 2 is 2.05 bits per heavy atom. The van der Waals surface area contributed by atoms with Crippen molar-refractivity contribution in [2.45, 2.75) is 0 Å². The molecule has 6 nitrogen and oxygen atoms in total. The summed E-state index contributed by atoms with van der Waals surface area (Å²) in [6.07, 6.45) is 6.25. The normalized spacial score (nSPS) is 11.1. The van der Waals surface area contributed by atoms with Crippen LogP contribution >= 0.6 is 12.2 Å². The van der Waals surface area contributed by atoms with Gasteiger partial charge in [0.1, 0.15) is 11.5 Å². The highest BCUT2D eigenvalue weighted by Crippen LogP contribution is 2.12. The fourth-order valence-electron chi connectivity index (χ4n) is 1.65. The zero-order valence-corrected chi connectivity index (χ0v) is 11.5. The first-order valence-corrected chi connectivity index (χ1v) is 6.38. The van der Waals surface area contributed by atoms with Crippen molar-refractivity contribution in [3.05, 3.63) is 59.0 Å². The van der Waals surface area contributed by atoms with Crippen LogP contribution in [-0.2, 0) is 0 Å². The van der Waals surface area contributed by atoms with Gasteiger partial charge in [0.05, 0.1) is 12.4 Å². The number of rotatable bonds is 3. The van der Waals surface area contributed by atoms with E-state index < -0.39 is 0 Å². The standard InChI is InChI=1S/C13H9FN6S/c14-10-3-1-9(2-4-10)7-17-20-12(18-19-13(20)21)11-8-15-5-6-16-11/h1-8H,(H,19,21)/b17-7+. The summed E-state index contributed by atoms with van der Waals surface area (Å²) in [5.41, 5.74) is 1.28. The first kappa shape index (κ1) is 13.3. The lowest BCUT2D eigenvalue weighted by Crippen LogP contribution is -1.97. The summed E-state index contributed by atoms with van der Waals surface area (Å²) in [5, 5.41) is 11.0. The van der Waals surface area contributed by atoms with Crippen LogP contribution in [0.2, 0.25) is 0 Å². The van der Waals surface area contributed by atoms with E-state index in [1.165, 1.54) is 16.8 Å². The van der Waals surface area contributed by atoms with Crippen LogP contribution in [0.5, 0.6) is 0 Å². The smallest absolute Gasteiger partial charge is 0.216 e. The average molecular weight is 300 g/mol. The van der Waals surface area contributed by atoms with Gasteiger partial charge in [-0.05, 0) is 29.9 Å². The van der Waals surface area contributed by atoms with Gasteiger partial charge < -0.3 is 0 Å². The molecule has 0 bridgehead atoms. The van der Waals surface area contributed by atoms with Gasteiger partial charge >= 0.3 is 0 Å². The third-order valence-electron chi connectivity index (χ3n) is 2.63. The van der Waals surface area contributed by atoms with Crippen LogP contribution in [-0.4, -0.2) is 31.1 Å². The third kappa shape index (κ3) is 2.90. The molecule has 0 spiro atoms. The number of benzene rings is 1. The van der Waals surface area contributed by atoms with Crippen molar-refractivity contribution in [3.8, 4) is 11.5 Å². The highest BCUT2D eigenvalue weighted by molar-refractivity contribution is 7.71. The van der Waals surface area contributed by atoms with Gasteiger partial charge in [0.15, 0.2) is 0 Å². The van der Waals surface area contributed by atoms with E-state index in [9.17, 15) is 4.39 Å². The van der Waals surface area contributed by atoms with E-state index >= 15 is 0 Å². The van der Waals surface area contributed by atoms with E-state index in [0.29, 0.717) is 16.3 Å². The fourth-order valence-corrected chi connectivity index (χ4v) is 1.83. The highest BCUT2D eigenvalue weighted by Gasteiger charge is 2.08. The maximum absolute atomic E-state index is 12.9. The molecule has 0 radical (unpaired) electrons. The molecule has 1 N–H and O–H groups in total. The highest BCUT2D eigenvalue weighted by atomic mass is 32.1. The van der Waals surface area contributed by atoms with Crippen molar-refractivity contribution >= 4 is 18.4 Å². The molecular formula is C13H9FN6S. The summed E-state index contributed by atoms with van der Waals surface area (Å²) in [5.74, 6) is 0.152. The van der Waals surface area contributed by atoms with Crippen molar-refractivity contribution in [1.29, 1.82) is 0 Å². The summed E-state index contributed by atoms with van der Waals surface area (Å²) in [7, 11) is 0. The van der Waals surface area contributed by atoms with Gasteiger partial charge in [-0.1, -0.05) is 12.1 Å². The molecule has 0 saturated heterocycles. The van der Waals surface area contributed by atoms with Crippen LogP contribution in [0, 0.1) is 10.6 Å². The summed E-state index contributed by atoms with van der Waals surface area (Å²) in [4.78, 5) is 8.14. The van der Waals surface area contributed by atoms with Gasteiger partial charge in [0.2, 0.25) is 10.6 Å². The Balaban J connectivity index is 1.98. The van der Waals surface area contributed by atoms with Gasteiger partial charge in [-0.2, -0.15) is 14.9 Å². The van der Waals surface area contributed by atoms with Crippen LogP contribution in [0.15, 0.2) is 48.0 Å². The molecule has 0 unspecified atom stereocenters. The van der Waals surface area contributed by atoms with Crippen LogP contribution in [0.4, 0.5) is 4.39 Å². The number of aromatic amines is 1. The number of aromatic nitrogens is 5. The average Bonchev–Trinajstić information content (AvgIpc) is 2.89. The van der Waals surface area contributed by atoms with Crippen molar-refractivity contribution in [1.82, 2.24) is 24.8 Å². The van der Waals surface area contributed by atoms with Gasteiger partial charge in [0.25, 0.3) is 0 Å². The van der Waals surface area contributed by atoms with Crippen molar-refractivity contribution < 1.29 is 4.39 Å². The summed E-state index contributed by atoms with van der Waals surface area (Å²) in [6.45, 7) is 0. The van der Waals surface area contributed by atoms with Gasteiger partial charge in [-0.3, -0.25) is 4.98 Å². The predicted molar refractivity (Wildman–Crippen MR) is 77.8 cm³/mol. The predicted octanol–water partition coefficient (Wildman–Crippen LogP) is 2.42. The monoisotopic (exact) mass is 300 g/mol. The minimum Gasteiger partial charge on any atom is -0.261 e. The van der Waals surface area contributed by atoms with E-state index in [1.807, 2.05) is 0 Å². The van der Waals surface area contributed by atoms with Gasteiger partial charge in [-0.25, -0.2) is 14.5 Å². The molecule has 8 heteroatoms. The van der Waals surface area contributed by atoms with Crippen molar-refractivity contribution in [3.63, 3.8) is 0 Å². The molecule has 0 amide bonds. The Hall–Kier alpha value is -2.74. The second-order valence-corrected chi connectivity index (χ2v) is 4.44. The minimum atomic E-state index is -0.299. The molecule has 0 aliphatic rings. The number of halogens is 1. The first-order valence-electron chi connectivity index (χ1n) is 5.98. The third-order valence-corrected chi connectivity index (χ3v) is 2.90. The topological polar surface area (TPSA) is 71.8 Å². The zero-order valence-electron chi connectivity index (χ0n) is 10.6. The van der Waals surface area contributed by atoms with Crippen LogP contribution in [0.1, 0.15) is 5.56 Å². The Morgan fingerprint density at radius 3 is 2.76 bits per heavy atom. The zero-order chi connectivity index (χ0) is 14.7. The maximum Gasteiger partial charge on any atom is 0.216 e. The Kier molecular flexibility index (Phi) is 3.61. The SMILES string of the molecule is Fc1ccc(/C=N/n2c(-c3cnccn3)n[nH]c2=S)cc1. The molecule has 3 rings (SSSR count). The molecule has 2 aromatic heterocycles. The van der Waals surface area contributed by atoms with Crippen molar-refractivity contribution in [2.75, 3.05) is 0 Å². The molecule has 0 aliphatic carbocycles. The van der Waals surface area contributed by atoms with Crippen LogP contribution in [0.25, 0.3) is 11.5 Å². The second-order valence-electron chi connectivity index (χ2n) is 4.05. The largest absolute Gasteiger partial charge is 0.261 e. The lowest BCUT2D eigenvalue weighted by Gasteiger charge is -1.99. The molecular weight excluding hydrogens is 291 g/mol. The van der Waals surface area contributed by atoms with E-state index in [4.69, 9.17) is 12.2 Å². The number of nitrogens with zero attached hydrogens (tertiary/aromatic N) is 5. The molecule has 21 heavy (non-hydrogen) atoms. The molecule has 104 valence electrons. The molecule has 0 fully saturated rings. The quantitative estimate of drug-likeness (QED) is 0.595. The molecule has 3 aromatic rings. The van der Waals surface area contributed by atoms with Gasteiger partial charge in [0, 0.05) is 12.4 Å². The molecule has 2 heterocycles. The number of H-pyrrole nitrogens is 1. The van der Waals surface area contributed by atoms with Crippen molar-refractivity contribution in [2.24, 2.45) is 5.10 Å². The van der Waals surface area contributed by atoms with E-state index in [-0.39, 0.29) is 5.82 Å². The summed E-state index contributed by atoms with van der Waals surface area (Å²) in [6, 6.07) is 5.95. The Bertz CT molecular complexity index is 822. The Labute approximate surface area is 124 Å². The minimum absolute atomic E-state index is 0.299. The van der Waals surface area contributed by atoms with E-state index in [0.717, 1.165) is 5.56 Å². The number of hydrogen-bond acceptors (Lipinski definition) is 5. The number of hydrogen-bond donors (Lipinski definition) is 1. The molecule has 0 aliphatic heterocycles. The summed E-state index contributed by atoms with van der Waals surface area (Å²) >= 11 is 5.13. The number of nitrogens with one attached hydrogen (secondary N) is 1. The van der Waals surface area contributed by atoms with Crippen LogP contribution < -0.4 is 0 Å². The summed E-state index contributed by atoms with van der Waals surface area (Å²) < 4.78 is 14.6. The Morgan fingerprint density at radius 1 is 1.24 bits per heavy atom. The molecule has 1 aromatic carbocycles. The molecule has 0 saturated carbocycles. The molecule has 0 atom stereocenters. The van der Waals surface area contributed by atoms with E-state index in [1.54, 1.807) is 36.9 Å². The lowest BCUT2D eigenvalue weighted by molar-refractivity contribution is 0.628. The van der Waals surface area contributed by atoms with Crippen LogP contribution in [0.3, 0.4) is 0 Å². The maximum atomic E-state index is 12.9. The second kappa shape index (κ2) is 5.71.